The van der Waals surface area contributed by atoms with E-state index >= 15 is 0 Å². The molecular formula is C24H22F3N5O3. The number of carbonyl (C=O) groups excluding carboxylic acids is 2. The minimum atomic E-state index is -4.75. The van der Waals surface area contributed by atoms with Crippen LogP contribution >= 0.6 is 0 Å². The number of H-pyrrole nitrogens is 1. The monoisotopic (exact) mass is 485 g/mol. The van der Waals surface area contributed by atoms with Crippen LogP contribution in [0.1, 0.15) is 22.3 Å². The third-order valence-corrected chi connectivity index (χ3v) is 6.50. The van der Waals surface area contributed by atoms with Crippen LogP contribution in [0, 0.1) is 11.8 Å². The van der Waals surface area contributed by atoms with E-state index in [0.29, 0.717) is 48.7 Å². The third kappa shape index (κ3) is 5.13. The molecule has 3 aromatic rings. The van der Waals surface area contributed by atoms with E-state index in [9.17, 15) is 22.8 Å². The Morgan fingerprint density at radius 2 is 1.77 bits per heavy atom. The first-order chi connectivity index (χ1) is 16.7. The van der Waals surface area contributed by atoms with Crippen LogP contribution in [0.25, 0.3) is 17.1 Å². The molecule has 2 amide bonds. The molecule has 1 N–H and O–H groups in total. The summed E-state index contributed by atoms with van der Waals surface area (Å²) in [6.07, 6.45) is -0.938. The summed E-state index contributed by atoms with van der Waals surface area (Å²) in [5.74, 6) is -0.0159. The fourth-order valence-electron chi connectivity index (χ4n) is 4.74. The molecule has 0 saturated carbocycles. The van der Waals surface area contributed by atoms with E-state index in [-0.39, 0.29) is 23.5 Å². The highest BCUT2D eigenvalue weighted by molar-refractivity contribution is 5.97. The molecule has 2 atom stereocenters. The summed E-state index contributed by atoms with van der Waals surface area (Å²) >= 11 is 0. The largest absolute Gasteiger partial charge is 0.573 e. The molecule has 2 aliphatic rings. The van der Waals surface area contributed by atoms with Crippen LogP contribution in [0.2, 0.25) is 0 Å². The lowest BCUT2D eigenvalue weighted by atomic mass is 9.88. The summed E-state index contributed by atoms with van der Waals surface area (Å²) in [6.45, 7) is 2.38. The van der Waals surface area contributed by atoms with E-state index < -0.39 is 6.36 Å². The zero-order valence-corrected chi connectivity index (χ0v) is 18.5. The van der Waals surface area contributed by atoms with E-state index in [1.165, 1.54) is 30.3 Å². The Bertz CT molecular complexity index is 1270. The molecular weight excluding hydrogens is 463 g/mol. The third-order valence-electron chi connectivity index (χ3n) is 6.50. The van der Waals surface area contributed by atoms with Gasteiger partial charge in [-0.3, -0.25) is 14.7 Å². The van der Waals surface area contributed by atoms with Crippen molar-refractivity contribution in [2.24, 2.45) is 11.8 Å². The zero-order chi connectivity index (χ0) is 24.6. The van der Waals surface area contributed by atoms with Crippen LogP contribution in [0.3, 0.4) is 0 Å². The fraction of sp³-hybridized carbons (Fsp3) is 0.333. The Balaban J connectivity index is 1.17. The number of halogens is 3. The second-order valence-corrected chi connectivity index (χ2v) is 8.80. The zero-order valence-electron chi connectivity index (χ0n) is 18.5. The lowest BCUT2D eigenvalue weighted by Gasteiger charge is -2.34. The molecule has 35 heavy (non-hydrogen) atoms. The van der Waals surface area contributed by atoms with Crippen LogP contribution in [0.15, 0.2) is 48.5 Å². The number of nitrogens with one attached hydrogen (secondary N) is 1. The topological polar surface area (TPSA) is 91.4 Å². The molecule has 5 rings (SSSR count). The predicted octanol–water partition coefficient (Wildman–Crippen LogP) is 3.49. The van der Waals surface area contributed by atoms with E-state index in [1.54, 1.807) is 29.2 Å². The van der Waals surface area contributed by atoms with Crippen LogP contribution in [0.5, 0.6) is 5.75 Å². The molecule has 2 saturated heterocycles. The van der Waals surface area contributed by atoms with Gasteiger partial charge in [-0.1, -0.05) is 17.3 Å². The van der Waals surface area contributed by atoms with Gasteiger partial charge in [0.05, 0.1) is 5.52 Å². The van der Waals surface area contributed by atoms with E-state index in [4.69, 9.17) is 0 Å². The van der Waals surface area contributed by atoms with Gasteiger partial charge in [-0.05, 0) is 60.2 Å². The van der Waals surface area contributed by atoms with Gasteiger partial charge in [-0.15, -0.1) is 18.3 Å². The number of aromatic amines is 1. The highest BCUT2D eigenvalue weighted by atomic mass is 19.4. The predicted molar refractivity (Wildman–Crippen MR) is 120 cm³/mol. The molecule has 11 heteroatoms. The number of piperidine rings is 1. The minimum absolute atomic E-state index is 0.0593. The van der Waals surface area contributed by atoms with Gasteiger partial charge in [0.2, 0.25) is 5.91 Å². The van der Waals surface area contributed by atoms with Crippen molar-refractivity contribution in [3.05, 3.63) is 59.7 Å². The van der Waals surface area contributed by atoms with Gasteiger partial charge in [0.15, 0.2) is 0 Å². The summed E-state index contributed by atoms with van der Waals surface area (Å²) in [5.41, 5.74) is 2.55. The van der Waals surface area contributed by atoms with Crippen LogP contribution < -0.4 is 4.74 Å². The van der Waals surface area contributed by atoms with Crippen molar-refractivity contribution < 1.29 is 27.5 Å². The van der Waals surface area contributed by atoms with Crippen molar-refractivity contribution in [2.75, 3.05) is 26.2 Å². The number of amides is 2. The van der Waals surface area contributed by atoms with Gasteiger partial charge in [0.25, 0.3) is 5.91 Å². The summed E-state index contributed by atoms with van der Waals surface area (Å²) < 4.78 is 40.7. The first kappa shape index (κ1) is 22.9. The molecule has 0 unspecified atom stereocenters. The van der Waals surface area contributed by atoms with Gasteiger partial charge in [0, 0.05) is 37.8 Å². The average Bonchev–Trinajstić information content (AvgIpc) is 3.48. The van der Waals surface area contributed by atoms with Crippen LogP contribution in [0.4, 0.5) is 13.2 Å². The standard InChI is InChI=1S/C24H22F3N5O3/c25-24(26,27)35-19-5-1-15(2-6-19)3-8-22(33)32-12-17-9-10-31(13-18(17)14-32)23(34)16-4-7-20-21(11-16)29-30-28-20/h1-8,11,17-18H,9-10,12-14H2,(H,28,29,30)/b8-3+/t17-,18-/m0/s1. The maximum atomic E-state index is 13.0. The summed E-state index contributed by atoms with van der Waals surface area (Å²) in [7, 11) is 0. The minimum Gasteiger partial charge on any atom is -0.406 e. The van der Waals surface area contributed by atoms with E-state index in [1.807, 2.05) is 4.90 Å². The number of ether oxygens (including phenoxy) is 1. The molecule has 182 valence electrons. The average molecular weight is 485 g/mol. The lowest BCUT2D eigenvalue weighted by molar-refractivity contribution is -0.274. The van der Waals surface area contributed by atoms with Crippen LogP contribution in [-0.2, 0) is 4.79 Å². The highest BCUT2D eigenvalue weighted by Crippen LogP contribution is 2.32. The number of hydrogen-bond donors (Lipinski definition) is 1. The smallest absolute Gasteiger partial charge is 0.406 e. The van der Waals surface area contributed by atoms with Crippen molar-refractivity contribution in [2.45, 2.75) is 12.8 Å². The number of fused-ring (bicyclic) bond motifs is 2. The maximum absolute atomic E-state index is 13.0. The Kier molecular flexibility index (Phi) is 5.91. The quantitative estimate of drug-likeness (QED) is 0.572. The molecule has 8 nitrogen and oxygen atoms in total. The molecule has 3 heterocycles. The number of nitrogens with zero attached hydrogens (tertiary/aromatic N) is 4. The SMILES string of the molecule is O=C(/C=C/c1ccc(OC(F)(F)F)cc1)N1C[C@@H]2CN(C(=O)c3ccc4[nH]nnc4c3)CC[C@H]2C1. The Morgan fingerprint density at radius 3 is 2.54 bits per heavy atom. The van der Waals surface area contributed by atoms with Crippen molar-refractivity contribution >= 4 is 28.9 Å². The molecule has 1 aromatic heterocycles. The number of carbonyl (C=O) groups is 2. The Morgan fingerprint density at radius 1 is 1.03 bits per heavy atom. The Hall–Kier alpha value is -3.89. The van der Waals surface area contributed by atoms with Gasteiger partial charge in [-0.25, -0.2) is 0 Å². The summed E-state index contributed by atoms with van der Waals surface area (Å²) in [4.78, 5) is 29.4. The first-order valence-corrected chi connectivity index (χ1v) is 11.2. The Labute approximate surface area is 198 Å². The molecule has 0 aliphatic carbocycles. The summed E-state index contributed by atoms with van der Waals surface area (Å²) in [6, 6.07) is 10.6. The molecule has 0 spiro atoms. The van der Waals surface area contributed by atoms with E-state index in [0.717, 1.165) is 11.9 Å². The number of aromatic nitrogens is 3. The number of hydrogen-bond acceptors (Lipinski definition) is 5. The second kappa shape index (κ2) is 9.05. The molecule has 2 fully saturated rings. The second-order valence-electron chi connectivity index (χ2n) is 8.80. The van der Waals surface area contributed by atoms with Crippen molar-refractivity contribution in [1.29, 1.82) is 0 Å². The highest BCUT2D eigenvalue weighted by Gasteiger charge is 2.39. The fourth-order valence-corrected chi connectivity index (χ4v) is 4.74. The molecule has 2 aliphatic heterocycles. The number of likely N-dealkylation sites (tertiary alicyclic amines) is 2. The lowest BCUT2D eigenvalue weighted by Crippen LogP contribution is -2.43. The van der Waals surface area contributed by atoms with Crippen LogP contribution in [-0.4, -0.2) is 69.6 Å². The molecule has 2 aromatic carbocycles. The van der Waals surface area contributed by atoms with Gasteiger partial charge in [0.1, 0.15) is 11.3 Å². The number of rotatable bonds is 4. The maximum Gasteiger partial charge on any atom is 0.573 e. The molecule has 0 radical (unpaired) electrons. The van der Waals surface area contributed by atoms with E-state index in [2.05, 4.69) is 20.1 Å². The number of alkyl halides is 3. The summed E-state index contributed by atoms with van der Waals surface area (Å²) in [5, 5.41) is 10.5. The number of benzene rings is 2. The van der Waals surface area contributed by atoms with Crippen molar-refractivity contribution in [3.8, 4) is 5.75 Å². The normalized spacial score (nSPS) is 20.4. The van der Waals surface area contributed by atoms with Gasteiger partial charge >= 0.3 is 6.36 Å². The van der Waals surface area contributed by atoms with Crippen molar-refractivity contribution in [1.82, 2.24) is 25.2 Å². The van der Waals surface area contributed by atoms with Crippen molar-refractivity contribution in [3.63, 3.8) is 0 Å². The van der Waals surface area contributed by atoms with Gasteiger partial charge in [-0.2, -0.15) is 0 Å². The first-order valence-electron chi connectivity index (χ1n) is 11.2. The van der Waals surface area contributed by atoms with Gasteiger partial charge < -0.3 is 14.5 Å². The molecule has 0 bridgehead atoms.